The topological polar surface area (TPSA) is 58.9 Å². The van der Waals surface area contributed by atoms with E-state index < -0.39 is 11.8 Å². The van der Waals surface area contributed by atoms with Gasteiger partial charge in [0.15, 0.2) is 0 Å². The highest BCUT2D eigenvalue weighted by molar-refractivity contribution is 5.99. The maximum Gasteiger partial charge on any atom is 0.338 e. The van der Waals surface area contributed by atoms with Gasteiger partial charge in [0.2, 0.25) is 0 Å². The van der Waals surface area contributed by atoms with E-state index in [0.29, 0.717) is 0 Å². The van der Waals surface area contributed by atoms with Gasteiger partial charge in [-0.3, -0.25) is 0 Å². The lowest BCUT2D eigenvalue weighted by Gasteiger charge is -2.04. The number of ether oxygens (including phenoxy) is 1. The number of esters is 1. The van der Waals surface area contributed by atoms with Gasteiger partial charge in [0.05, 0.1) is 17.9 Å². The summed E-state index contributed by atoms with van der Waals surface area (Å²) in [7, 11) is 0. The monoisotopic (exact) mass is 225 g/mol. The van der Waals surface area contributed by atoms with Gasteiger partial charge in [-0.15, -0.1) is 0 Å². The first kappa shape index (κ1) is 12.2. The van der Waals surface area contributed by atoms with Crippen molar-refractivity contribution in [2.75, 3.05) is 6.61 Å². The van der Waals surface area contributed by atoms with Gasteiger partial charge in [0, 0.05) is 5.56 Å². The van der Waals surface area contributed by atoms with E-state index in [2.05, 4.69) is 5.16 Å². The lowest BCUT2D eigenvalue weighted by atomic mass is 10.1. The van der Waals surface area contributed by atoms with E-state index in [9.17, 15) is 9.18 Å². The first-order valence-electron chi connectivity index (χ1n) is 4.75. The normalized spacial score (nSPS) is 11.3. The zero-order valence-corrected chi connectivity index (χ0v) is 9.03. The highest BCUT2D eigenvalue weighted by Crippen LogP contribution is 2.12. The molecule has 0 saturated heterocycles. The van der Waals surface area contributed by atoms with Crippen molar-refractivity contribution in [3.05, 3.63) is 35.1 Å². The molecule has 0 aliphatic carbocycles. The standard InChI is InChI=1S/C11H12FNO3/c1-3-16-11(14)8-4-5-9(7(2)13-15)10(12)6-8/h4-6,15H,3H2,1-2H3. The second-order valence-corrected chi connectivity index (χ2v) is 3.10. The lowest BCUT2D eigenvalue weighted by molar-refractivity contribution is 0.0526. The van der Waals surface area contributed by atoms with Crippen molar-refractivity contribution >= 4 is 11.7 Å². The third-order valence-corrected chi connectivity index (χ3v) is 2.02. The van der Waals surface area contributed by atoms with Crippen LogP contribution >= 0.6 is 0 Å². The van der Waals surface area contributed by atoms with E-state index in [1.165, 1.54) is 19.1 Å². The third-order valence-electron chi connectivity index (χ3n) is 2.02. The number of carbonyl (C=O) groups excluding carboxylic acids is 1. The number of benzene rings is 1. The average Bonchev–Trinajstić information content (AvgIpc) is 2.28. The molecule has 1 N–H and O–H groups in total. The van der Waals surface area contributed by atoms with Crippen LogP contribution in [-0.4, -0.2) is 23.5 Å². The Labute approximate surface area is 92.3 Å². The summed E-state index contributed by atoms with van der Waals surface area (Å²) in [6, 6.07) is 3.85. The molecule has 86 valence electrons. The molecule has 16 heavy (non-hydrogen) atoms. The van der Waals surface area contributed by atoms with E-state index in [-0.39, 0.29) is 23.4 Å². The molecule has 1 aromatic rings. The fourth-order valence-corrected chi connectivity index (χ4v) is 1.20. The second-order valence-electron chi connectivity index (χ2n) is 3.10. The van der Waals surface area contributed by atoms with Gasteiger partial charge in [-0.05, 0) is 32.0 Å². The Hall–Kier alpha value is -1.91. The molecule has 5 heteroatoms. The number of nitrogens with zero attached hydrogens (tertiary/aromatic N) is 1. The van der Waals surface area contributed by atoms with Crippen LogP contribution in [0.3, 0.4) is 0 Å². The van der Waals surface area contributed by atoms with Crippen molar-refractivity contribution in [3.8, 4) is 0 Å². The average molecular weight is 225 g/mol. The van der Waals surface area contributed by atoms with E-state index in [4.69, 9.17) is 9.94 Å². The smallest absolute Gasteiger partial charge is 0.338 e. The van der Waals surface area contributed by atoms with Crippen LogP contribution in [-0.2, 0) is 4.74 Å². The maximum atomic E-state index is 13.5. The molecule has 0 aromatic heterocycles. The van der Waals surface area contributed by atoms with Crippen molar-refractivity contribution in [2.24, 2.45) is 5.16 Å². The molecule has 4 nitrogen and oxygen atoms in total. The van der Waals surface area contributed by atoms with Crippen LogP contribution in [0, 0.1) is 5.82 Å². The number of carbonyl (C=O) groups is 1. The Morgan fingerprint density at radius 3 is 2.75 bits per heavy atom. The number of halogens is 1. The number of oxime groups is 1. The Kier molecular flexibility index (Phi) is 3.99. The number of hydrogen-bond acceptors (Lipinski definition) is 4. The molecular formula is C11H12FNO3. The molecular weight excluding hydrogens is 213 g/mol. The van der Waals surface area contributed by atoms with Crippen LogP contribution in [0.1, 0.15) is 29.8 Å². The van der Waals surface area contributed by atoms with E-state index in [1.54, 1.807) is 6.92 Å². The predicted molar refractivity (Wildman–Crippen MR) is 56.4 cm³/mol. The van der Waals surface area contributed by atoms with Gasteiger partial charge in [0.25, 0.3) is 0 Å². The summed E-state index contributed by atoms with van der Waals surface area (Å²) in [6.45, 7) is 3.37. The van der Waals surface area contributed by atoms with Crippen LogP contribution in [0.4, 0.5) is 4.39 Å². The van der Waals surface area contributed by atoms with Crippen molar-refractivity contribution in [2.45, 2.75) is 13.8 Å². The SMILES string of the molecule is CCOC(=O)c1ccc(C(C)=NO)c(F)c1. The van der Waals surface area contributed by atoms with Gasteiger partial charge in [-0.2, -0.15) is 0 Å². The maximum absolute atomic E-state index is 13.5. The first-order valence-corrected chi connectivity index (χ1v) is 4.75. The summed E-state index contributed by atoms with van der Waals surface area (Å²) in [6.07, 6.45) is 0. The molecule has 0 atom stereocenters. The molecule has 1 rings (SSSR count). The van der Waals surface area contributed by atoms with Crippen molar-refractivity contribution < 1.29 is 19.1 Å². The van der Waals surface area contributed by atoms with Crippen LogP contribution in [0.5, 0.6) is 0 Å². The van der Waals surface area contributed by atoms with Gasteiger partial charge in [0.1, 0.15) is 5.82 Å². The predicted octanol–water partition coefficient (Wildman–Crippen LogP) is 2.20. The van der Waals surface area contributed by atoms with Crippen LogP contribution in [0.15, 0.2) is 23.4 Å². The quantitative estimate of drug-likeness (QED) is 0.371. The first-order chi connectivity index (χ1) is 7.60. The molecule has 0 radical (unpaired) electrons. The minimum absolute atomic E-state index is 0.133. The Morgan fingerprint density at radius 1 is 1.56 bits per heavy atom. The molecule has 0 bridgehead atoms. The largest absolute Gasteiger partial charge is 0.462 e. The molecule has 0 amide bonds. The molecule has 0 fully saturated rings. The molecule has 0 unspecified atom stereocenters. The van der Waals surface area contributed by atoms with Crippen molar-refractivity contribution in [1.82, 2.24) is 0 Å². The van der Waals surface area contributed by atoms with Gasteiger partial charge < -0.3 is 9.94 Å². The van der Waals surface area contributed by atoms with Gasteiger partial charge in [-0.25, -0.2) is 9.18 Å². The van der Waals surface area contributed by atoms with Gasteiger partial charge in [-0.1, -0.05) is 5.16 Å². The summed E-state index contributed by atoms with van der Waals surface area (Å²) in [5, 5.41) is 11.4. The van der Waals surface area contributed by atoms with Crippen LogP contribution < -0.4 is 0 Å². The van der Waals surface area contributed by atoms with Crippen molar-refractivity contribution in [3.63, 3.8) is 0 Å². The summed E-state index contributed by atoms with van der Waals surface area (Å²) >= 11 is 0. The summed E-state index contributed by atoms with van der Waals surface area (Å²) in [5.41, 5.74) is 0.428. The minimum Gasteiger partial charge on any atom is -0.462 e. The van der Waals surface area contributed by atoms with E-state index >= 15 is 0 Å². The number of hydrogen-bond donors (Lipinski definition) is 1. The van der Waals surface area contributed by atoms with Crippen LogP contribution in [0.2, 0.25) is 0 Å². The second kappa shape index (κ2) is 5.25. The summed E-state index contributed by atoms with van der Waals surface area (Å²) in [4.78, 5) is 11.3. The Morgan fingerprint density at radius 2 is 2.25 bits per heavy atom. The Bertz CT molecular complexity index is 429. The number of rotatable bonds is 3. The zero-order chi connectivity index (χ0) is 12.1. The van der Waals surface area contributed by atoms with E-state index in [0.717, 1.165) is 6.07 Å². The summed E-state index contributed by atoms with van der Waals surface area (Å²) in [5.74, 6) is -1.20. The fourth-order valence-electron chi connectivity index (χ4n) is 1.20. The lowest BCUT2D eigenvalue weighted by Crippen LogP contribution is -2.07. The highest BCUT2D eigenvalue weighted by atomic mass is 19.1. The van der Waals surface area contributed by atoms with E-state index in [1.807, 2.05) is 0 Å². The molecule has 0 spiro atoms. The van der Waals surface area contributed by atoms with Gasteiger partial charge >= 0.3 is 5.97 Å². The summed E-state index contributed by atoms with van der Waals surface area (Å²) < 4.78 is 18.2. The zero-order valence-electron chi connectivity index (χ0n) is 9.03. The molecule has 1 aromatic carbocycles. The van der Waals surface area contributed by atoms with Crippen molar-refractivity contribution in [1.29, 1.82) is 0 Å². The van der Waals surface area contributed by atoms with Crippen LogP contribution in [0.25, 0.3) is 0 Å². The highest BCUT2D eigenvalue weighted by Gasteiger charge is 2.11. The third kappa shape index (κ3) is 2.56. The fraction of sp³-hybridized carbons (Fsp3) is 0.273. The minimum atomic E-state index is -0.624. The Balaban J connectivity index is 3.04. The molecule has 0 aliphatic heterocycles. The molecule has 0 aliphatic rings. The molecule has 0 saturated carbocycles. The molecule has 0 heterocycles.